The van der Waals surface area contributed by atoms with Gasteiger partial charge >= 0.3 is 6.03 Å². The Kier molecular flexibility index (Phi) is 8.04. The Hall–Kier alpha value is -2.19. The summed E-state index contributed by atoms with van der Waals surface area (Å²) >= 11 is 6.28. The van der Waals surface area contributed by atoms with E-state index in [9.17, 15) is 9.18 Å². The van der Waals surface area contributed by atoms with Crippen molar-refractivity contribution in [3.63, 3.8) is 0 Å². The van der Waals surface area contributed by atoms with Gasteiger partial charge in [-0.05, 0) is 44.5 Å². The maximum atomic E-state index is 14.5. The molecule has 9 heteroatoms. The quantitative estimate of drug-likeness (QED) is 0.578. The molecule has 0 aliphatic carbocycles. The largest absolute Gasteiger partial charge is 0.339 e. The molecule has 2 amide bonds. The van der Waals surface area contributed by atoms with E-state index in [0.29, 0.717) is 41.7 Å². The molecule has 1 unspecified atom stereocenters. The van der Waals surface area contributed by atoms with Crippen molar-refractivity contribution in [3.05, 3.63) is 46.3 Å². The van der Waals surface area contributed by atoms with E-state index in [1.165, 1.54) is 6.07 Å². The summed E-state index contributed by atoms with van der Waals surface area (Å²) in [5.74, 6) is 1.14. The number of aryl methyl sites for hydroxylation is 1. The summed E-state index contributed by atoms with van der Waals surface area (Å²) in [5.41, 5.74) is 0.443. The predicted molar refractivity (Wildman–Crippen MR) is 113 cm³/mol. The Morgan fingerprint density at radius 3 is 2.73 bits per heavy atom. The normalized spacial score (nSPS) is 15.5. The fourth-order valence-electron chi connectivity index (χ4n) is 3.59. The number of nitrogens with zero attached hydrogens (tertiary/aromatic N) is 3. The number of amides is 2. The van der Waals surface area contributed by atoms with Gasteiger partial charge in [0.25, 0.3) is 0 Å². The van der Waals surface area contributed by atoms with Gasteiger partial charge in [-0.2, -0.15) is 4.98 Å². The van der Waals surface area contributed by atoms with Gasteiger partial charge in [0.1, 0.15) is 5.82 Å². The maximum Gasteiger partial charge on any atom is 0.314 e. The van der Waals surface area contributed by atoms with Crippen LogP contribution >= 0.6 is 11.6 Å². The molecular formula is C21H29ClFN5O2. The van der Waals surface area contributed by atoms with Crippen molar-refractivity contribution in [1.82, 2.24) is 25.7 Å². The van der Waals surface area contributed by atoms with Gasteiger partial charge in [0.05, 0.1) is 6.04 Å². The number of urea groups is 1. The van der Waals surface area contributed by atoms with Crippen molar-refractivity contribution < 1.29 is 13.7 Å². The molecule has 0 spiro atoms. The lowest BCUT2D eigenvalue weighted by molar-refractivity contribution is 0.218. The molecule has 1 aromatic heterocycles. The molecule has 30 heavy (non-hydrogen) atoms. The number of aromatic nitrogens is 2. The first kappa shape index (κ1) is 22.5. The molecule has 1 saturated heterocycles. The topological polar surface area (TPSA) is 83.3 Å². The number of hydrogen-bond donors (Lipinski definition) is 2. The van der Waals surface area contributed by atoms with Crippen molar-refractivity contribution in [2.45, 2.75) is 51.5 Å². The lowest BCUT2D eigenvalue weighted by Gasteiger charge is -2.29. The van der Waals surface area contributed by atoms with Crippen molar-refractivity contribution in [3.8, 4) is 0 Å². The van der Waals surface area contributed by atoms with Gasteiger partial charge in [-0.15, -0.1) is 0 Å². The van der Waals surface area contributed by atoms with Crippen molar-refractivity contribution in [2.75, 3.05) is 26.2 Å². The number of rotatable bonds is 9. The monoisotopic (exact) mass is 437 g/mol. The molecule has 1 atom stereocenters. The number of carbonyl (C=O) groups is 1. The third-order valence-corrected chi connectivity index (χ3v) is 5.55. The summed E-state index contributed by atoms with van der Waals surface area (Å²) in [7, 11) is 0. The summed E-state index contributed by atoms with van der Waals surface area (Å²) in [6.45, 7) is 6.49. The second-order valence-corrected chi connectivity index (χ2v) is 8.24. The third kappa shape index (κ3) is 5.92. The number of hydrogen-bond acceptors (Lipinski definition) is 5. The molecule has 0 radical (unpaired) electrons. The van der Waals surface area contributed by atoms with Crippen molar-refractivity contribution in [1.29, 1.82) is 0 Å². The van der Waals surface area contributed by atoms with E-state index in [2.05, 4.69) is 25.7 Å². The lowest BCUT2D eigenvalue weighted by Crippen LogP contribution is -2.42. The Balaban J connectivity index is 1.48. The summed E-state index contributed by atoms with van der Waals surface area (Å²) in [4.78, 5) is 18.7. The Bertz CT molecular complexity index is 818. The Morgan fingerprint density at radius 1 is 1.30 bits per heavy atom. The summed E-state index contributed by atoms with van der Waals surface area (Å²) in [5, 5.41) is 10.00. The lowest BCUT2D eigenvalue weighted by atomic mass is 10.0. The van der Waals surface area contributed by atoms with Gasteiger partial charge in [0.15, 0.2) is 5.82 Å². The van der Waals surface area contributed by atoms with Crippen LogP contribution in [0.5, 0.6) is 0 Å². The molecule has 2 heterocycles. The summed E-state index contributed by atoms with van der Waals surface area (Å²) < 4.78 is 19.7. The van der Waals surface area contributed by atoms with E-state index in [4.69, 9.17) is 16.1 Å². The van der Waals surface area contributed by atoms with Crippen LogP contribution in [-0.2, 0) is 6.42 Å². The maximum absolute atomic E-state index is 14.5. The minimum absolute atomic E-state index is 0.220. The van der Waals surface area contributed by atoms with Crippen LogP contribution in [0.25, 0.3) is 0 Å². The molecule has 164 valence electrons. The van der Waals surface area contributed by atoms with E-state index >= 15 is 0 Å². The van der Waals surface area contributed by atoms with Crippen LogP contribution in [0.1, 0.15) is 62.3 Å². The summed E-state index contributed by atoms with van der Waals surface area (Å²) in [6, 6.07) is 4.10. The SMILES string of the molecule is CC(C)c1noc(CCCNC(=O)NCC(c2c(F)cccc2Cl)N2CCCC2)n1. The van der Waals surface area contributed by atoms with Crippen LogP contribution in [0.2, 0.25) is 5.02 Å². The molecule has 2 aromatic rings. The smallest absolute Gasteiger partial charge is 0.314 e. The highest BCUT2D eigenvalue weighted by Gasteiger charge is 2.28. The zero-order valence-electron chi connectivity index (χ0n) is 17.5. The fourth-order valence-corrected chi connectivity index (χ4v) is 3.88. The second kappa shape index (κ2) is 10.7. The van der Waals surface area contributed by atoms with Crippen LogP contribution < -0.4 is 10.6 Å². The molecule has 0 bridgehead atoms. The minimum atomic E-state index is -0.345. The highest BCUT2D eigenvalue weighted by Crippen LogP contribution is 2.31. The predicted octanol–water partition coefficient (Wildman–Crippen LogP) is 4.05. The van der Waals surface area contributed by atoms with Crippen LogP contribution in [0.3, 0.4) is 0 Å². The Labute approximate surface area is 181 Å². The zero-order chi connectivity index (χ0) is 21.5. The molecule has 2 N–H and O–H groups in total. The van der Waals surface area contributed by atoms with Crippen molar-refractivity contribution >= 4 is 17.6 Å². The van der Waals surface area contributed by atoms with Gasteiger partial charge in [0.2, 0.25) is 5.89 Å². The van der Waals surface area contributed by atoms with Crippen LogP contribution in [0, 0.1) is 5.82 Å². The molecule has 1 aliphatic heterocycles. The van der Waals surface area contributed by atoms with E-state index in [0.717, 1.165) is 25.9 Å². The van der Waals surface area contributed by atoms with E-state index in [-0.39, 0.29) is 30.4 Å². The summed E-state index contributed by atoms with van der Waals surface area (Å²) in [6.07, 6.45) is 3.40. The van der Waals surface area contributed by atoms with Gasteiger partial charge in [0, 0.05) is 36.0 Å². The first-order valence-electron chi connectivity index (χ1n) is 10.5. The van der Waals surface area contributed by atoms with Gasteiger partial charge in [-0.1, -0.05) is 36.7 Å². The van der Waals surface area contributed by atoms with E-state index in [1.807, 2.05) is 13.8 Å². The molecule has 1 fully saturated rings. The van der Waals surface area contributed by atoms with Gasteiger partial charge < -0.3 is 15.2 Å². The van der Waals surface area contributed by atoms with Crippen LogP contribution in [0.4, 0.5) is 9.18 Å². The number of carbonyl (C=O) groups excluding carboxylic acids is 1. The standard InChI is InChI=1S/C21H29ClFN5O2/c1-14(2)20-26-18(30-27-20)9-6-10-24-21(29)25-13-17(28-11-3-4-12-28)19-15(22)7-5-8-16(19)23/h5,7-8,14,17H,3-4,6,9-13H2,1-2H3,(H2,24,25,29). The third-order valence-electron chi connectivity index (χ3n) is 5.22. The number of nitrogens with one attached hydrogen (secondary N) is 2. The van der Waals surface area contributed by atoms with Crippen molar-refractivity contribution in [2.24, 2.45) is 0 Å². The number of likely N-dealkylation sites (tertiary alicyclic amines) is 1. The highest BCUT2D eigenvalue weighted by molar-refractivity contribution is 6.31. The average molecular weight is 438 g/mol. The molecule has 1 aromatic carbocycles. The average Bonchev–Trinajstić information content (AvgIpc) is 3.39. The number of halogens is 2. The zero-order valence-corrected chi connectivity index (χ0v) is 18.2. The molecule has 0 saturated carbocycles. The first-order chi connectivity index (χ1) is 14.5. The van der Waals surface area contributed by atoms with Gasteiger partial charge in [-0.3, -0.25) is 4.90 Å². The molecule has 7 nitrogen and oxygen atoms in total. The first-order valence-corrected chi connectivity index (χ1v) is 10.9. The van der Waals surface area contributed by atoms with E-state index < -0.39 is 0 Å². The highest BCUT2D eigenvalue weighted by atomic mass is 35.5. The van der Waals surface area contributed by atoms with Gasteiger partial charge in [-0.25, -0.2) is 9.18 Å². The Morgan fingerprint density at radius 2 is 2.07 bits per heavy atom. The van der Waals surface area contributed by atoms with Crippen LogP contribution in [-0.4, -0.2) is 47.3 Å². The number of benzene rings is 1. The molecule has 1 aliphatic rings. The minimum Gasteiger partial charge on any atom is -0.339 e. The molecule has 3 rings (SSSR count). The molecular weight excluding hydrogens is 409 g/mol. The van der Waals surface area contributed by atoms with E-state index in [1.54, 1.807) is 12.1 Å². The second-order valence-electron chi connectivity index (χ2n) is 7.84. The fraction of sp³-hybridized carbons (Fsp3) is 0.571. The van der Waals surface area contributed by atoms with Crippen LogP contribution in [0.15, 0.2) is 22.7 Å².